The van der Waals surface area contributed by atoms with Crippen molar-refractivity contribution in [1.82, 2.24) is 4.90 Å². The van der Waals surface area contributed by atoms with Crippen molar-refractivity contribution in [1.29, 1.82) is 0 Å². The van der Waals surface area contributed by atoms with Gasteiger partial charge in [0.1, 0.15) is 18.1 Å². The maximum Gasteiger partial charge on any atom is 0.311 e. The second-order valence-electron chi connectivity index (χ2n) is 6.56. The number of ether oxygens (including phenoxy) is 2. The van der Waals surface area contributed by atoms with Gasteiger partial charge in [-0.15, -0.1) is 0 Å². The maximum atomic E-state index is 12.7. The van der Waals surface area contributed by atoms with Gasteiger partial charge in [0.15, 0.2) is 0 Å². The van der Waals surface area contributed by atoms with Crippen LogP contribution in [0.5, 0.6) is 11.5 Å². The Kier molecular flexibility index (Phi) is 3.92. The summed E-state index contributed by atoms with van der Waals surface area (Å²) in [6.07, 6.45) is 1.11. The third kappa shape index (κ3) is 2.85. The van der Waals surface area contributed by atoms with E-state index in [2.05, 4.69) is 0 Å². The number of carboxylic acid groups (broad SMARTS) is 1. The van der Waals surface area contributed by atoms with E-state index in [4.69, 9.17) is 9.47 Å². The third-order valence-corrected chi connectivity index (χ3v) is 4.83. The van der Waals surface area contributed by atoms with Crippen molar-refractivity contribution in [2.24, 2.45) is 11.3 Å². The van der Waals surface area contributed by atoms with Gasteiger partial charge in [-0.1, -0.05) is 6.07 Å². The SMILES string of the molecule is COc1ccc2c(c1)OC[C@@H](C(=O)N1CC[C@@](C)(C(=O)O)C1)C2. The first kappa shape index (κ1) is 15.6. The number of carbonyl (C=O) groups excluding carboxylic acids is 1. The highest BCUT2D eigenvalue weighted by Crippen LogP contribution is 2.34. The predicted octanol–water partition coefficient (Wildman–Crippen LogP) is 1.57. The fraction of sp³-hybridized carbons (Fsp3) is 0.529. The van der Waals surface area contributed by atoms with E-state index in [1.807, 2.05) is 18.2 Å². The lowest BCUT2D eigenvalue weighted by atomic mass is 9.90. The van der Waals surface area contributed by atoms with Crippen LogP contribution in [0.3, 0.4) is 0 Å². The second kappa shape index (κ2) is 5.76. The highest BCUT2D eigenvalue weighted by molar-refractivity contribution is 5.82. The molecule has 1 amide bonds. The number of carboxylic acids is 1. The summed E-state index contributed by atoms with van der Waals surface area (Å²) in [6.45, 7) is 2.78. The van der Waals surface area contributed by atoms with Crippen LogP contribution in [0.1, 0.15) is 18.9 Å². The summed E-state index contributed by atoms with van der Waals surface area (Å²) in [5.74, 6) is 0.365. The normalized spacial score (nSPS) is 26.3. The Hall–Kier alpha value is -2.24. The molecule has 6 heteroatoms. The Morgan fingerprint density at radius 3 is 2.87 bits per heavy atom. The van der Waals surface area contributed by atoms with Crippen molar-refractivity contribution in [2.75, 3.05) is 26.8 Å². The zero-order valence-corrected chi connectivity index (χ0v) is 13.4. The van der Waals surface area contributed by atoms with E-state index in [9.17, 15) is 14.7 Å². The van der Waals surface area contributed by atoms with Gasteiger partial charge in [-0.25, -0.2) is 0 Å². The van der Waals surface area contributed by atoms with Crippen LogP contribution in [0.4, 0.5) is 0 Å². The molecule has 6 nitrogen and oxygen atoms in total. The van der Waals surface area contributed by atoms with Crippen molar-refractivity contribution < 1.29 is 24.2 Å². The zero-order chi connectivity index (χ0) is 16.6. The largest absolute Gasteiger partial charge is 0.497 e. The number of hydrogen-bond acceptors (Lipinski definition) is 4. The van der Waals surface area contributed by atoms with E-state index >= 15 is 0 Å². The van der Waals surface area contributed by atoms with Crippen molar-refractivity contribution in [3.05, 3.63) is 23.8 Å². The average Bonchev–Trinajstić information content (AvgIpc) is 2.97. The summed E-state index contributed by atoms with van der Waals surface area (Å²) in [6, 6.07) is 5.60. The van der Waals surface area contributed by atoms with Crippen molar-refractivity contribution in [3.63, 3.8) is 0 Å². The summed E-state index contributed by atoms with van der Waals surface area (Å²) in [5, 5.41) is 9.29. The van der Waals surface area contributed by atoms with Gasteiger partial charge in [0.05, 0.1) is 18.4 Å². The Morgan fingerprint density at radius 1 is 1.43 bits per heavy atom. The van der Waals surface area contributed by atoms with E-state index < -0.39 is 11.4 Å². The quantitative estimate of drug-likeness (QED) is 0.915. The minimum atomic E-state index is -0.842. The van der Waals surface area contributed by atoms with Gasteiger partial charge in [0.2, 0.25) is 5.91 Å². The van der Waals surface area contributed by atoms with Crippen LogP contribution in [-0.4, -0.2) is 48.7 Å². The summed E-state index contributed by atoms with van der Waals surface area (Å²) in [7, 11) is 1.60. The monoisotopic (exact) mass is 319 g/mol. The first-order chi connectivity index (χ1) is 10.9. The van der Waals surface area contributed by atoms with Crippen molar-refractivity contribution in [2.45, 2.75) is 19.8 Å². The molecule has 0 unspecified atom stereocenters. The molecule has 0 radical (unpaired) electrons. The van der Waals surface area contributed by atoms with Gasteiger partial charge < -0.3 is 19.5 Å². The van der Waals surface area contributed by atoms with Gasteiger partial charge >= 0.3 is 5.97 Å². The molecule has 0 aliphatic carbocycles. The van der Waals surface area contributed by atoms with E-state index in [0.717, 1.165) is 17.1 Å². The van der Waals surface area contributed by atoms with Crippen molar-refractivity contribution >= 4 is 11.9 Å². The minimum absolute atomic E-state index is 0.0172. The number of amides is 1. The summed E-state index contributed by atoms with van der Waals surface area (Å²) in [4.78, 5) is 25.7. The molecule has 1 fully saturated rings. The highest BCUT2D eigenvalue weighted by Gasteiger charge is 2.43. The number of likely N-dealkylation sites (tertiary alicyclic amines) is 1. The fourth-order valence-corrected chi connectivity index (χ4v) is 3.22. The Bertz CT molecular complexity index is 644. The first-order valence-electron chi connectivity index (χ1n) is 7.75. The van der Waals surface area contributed by atoms with Crippen LogP contribution in [0.2, 0.25) is 0 Å². The molecular weight excluding hydrogens is 298 g/mol. The molecule has 0 saturated carbocycles. The molecule has 0 spiro atoms. The number of aliphatic carboxylic acids is 1. The summed E-state index contributed by atoms with van der Waals surface area (Å²) in [5.41, 5.74) is 0.145. The molecule has 0 bridgehead atoms. The standard InChI is InChI=1S/C17H21NO5/c1-17(16(20)21)5-6-18(10-17)15(19)12-7-11-3-4-13(22-2)8-14(11)23-9-12/h3-4,8,12H,5-7,9-10H2,1-2H3,(H,20,21)/t12-,17+/m0/s1. The van der Waals surface area contributed by atoms with Crippen LogP contribution in [-0.2, 0) is 16.0 Å². The molecular formula is C17H21NO5. The Labute approximate surface area is 135 Å². The van der Waals surface area contributed by atoms with Gasteiger partial charge in [0, 0.05) is 19.2 Å². The molecule has 1 aromatic carbocycles. The molecule has 1 aromatic rings. The number of hydrogen-bond donors (Lipinski definition) is 1. The molecule has 2 heterocycles. The number of carbonyl (C=O) groups is 2. The van der Waals surface area contributed by atoms with Gasteiger partial charge in [0.25, 0.3) is 0 Å². The summed E-state index contributed by atoms with van der Waals surface area (Å²) < 4.78 is 10.9. The lowest BCUT2D eigenvalue weighted by Crippen LogP contribution is -2.41. The average molecular weight is 319 g/mol. The molecule has 0 aromatic heterocycles. The molecule has 3 rings (SSSR count). The number of fused-ring (bicyclic) bond motifs is 1. The van der Waals surface area contributed by atoms with Gasteiger partial charge in [-0.2, -0.15) is 0 Å². The Morgan fingerprint density at radius 2 is 2.22 bits per heavy atom. The van der Waals surface area contributed by atoms with Crippen LogP contribution in [0.25, 0.3) is 0 Å². The lowest BCUT2D eigenvalue weighted by Gasteiger charge is -2.29. The third-order valence-electron chi connectivity index (χ3n) is 4.83. The molecule has 2 aliphatic rings. The number of methoxy groups -OCH3 is 1. The number of rotatable bonds is 3. The topological polar surface area (TPSA) is 76.1 Å². The second-order valence-corrected chi connectivity index (χ2v) is 6.56. The van der Waals surface area contributed by atoms with E-state index in [1.165, 1.54) is 0 Å². The molecule has 2 atom stereocenters. The first-order valence-corrected chi connectivity index (χ1v) is 7.75. The van der Waals surface area contributed by atoms with Crippen molar-refractivity contribution in [3.8, 4) is 11.5 Å². The van der Waals surface area contributed by atoms with Gasteiger partial charge in [-0.05, 0) is 31.4 Å². The lowest BCUT2D eigenvalue weighted by molar-refractivity contribution is -0.147. The molecule has 124 valence electrons. The molecule has 2 aliphatic heterocycles. The molecule has 1 N–H and O–H groups in total. The number of benzene rings is 1. The molecule has 1 saturated heterocycles. The summed E-state index contributed by atoms with van der Waals surface area (Å²) >= 11 is 0. The maximum absolute atomic E-state index is 12.7. The van der Waals surface area contributed by atoms with Crippen LogP contribution in [0, 0.1) is 11.3 Å². The van der Waals surface area contributed by atoms with Crippen LogP contribution in [0.15, 0.2) is 18.2 Å². The smallest absolute Gasteiger partial charge is 0.311 e. The van der Waals surface area contributed by atoms with E-state index in [1.54, 1.807) is 18.9 Å². The zero-order valence-electron chi connectivity index (χ0n) is 13.4. The van der Waals surface area contributed by atoms with E-state index in [-0.39, 0.29) is 18.4 Å². The van der Waals surface area contributed by atoms with E-state index in [0.29, 0.717) is 26.0 Å². The minimum Gasteiger partial charge on any atom is -0.497 e. The number of nitrogens with zero attached hydrogens (tertiary/aromatic N) is 1. The fourth-order valence-electron chi connectivity index (χ4n) is 3.22. The van der Waals surface area contributed by atoms with Crippen LogP contribution >= 0.6 is 0 Å². The van der Waals surface area contributed by atoms with Crippen LogP contribution < -0.4 is 9.47 Å². The highest BCUT2D eigenvalue weighted by atomic mass is 16.5. The predicted molar refractivity (Wildman–Crippen MR) is 82.6 cm³/mol. The van der Waals surface area contributed by atoms with Gasteiger partial charge in [-0.3, -0.25) is 9.59 Å². The molecule has 23 heavy (non-hydrogen) atoms. The Balaban J connectivity index is 1.69.